The molecule has 2 rings (SSSR count). The number of hydrogen-bond donors (Lipinski definition) is 0. The van der Waals surface area contributed by atoms with Crippen LogP contribution in [-0.4, -0.2) is 28.6 Å². The highest BCUT2D eigenvalue weighted by molar-refractivity contribution is 7.09. The van der Waals surface area contributed by atoms with E-state index in [1.54, 1.807) is 0 Å². The lowest BCUT2D eigenvalue weighted by molar-refractivity contribution is 0.286. The van der Waals surface area contributed by atoms with E-state index in [2.05, 4.69) is 9.36 Å². The standard InChI is InChI=1S/C8H12FN3S/c1-6-10-8(13-11-6)12-4-2-3-7(9)5-12/h7H,2-5H2,1H3. The Morgan fingerprint density at radius 3 is 3.08 bits per heavy atom. The second-order valence-corrected chi connectivity index (χ2v) is 4.04. The van der Waals surface area contributed by atoms with Crippen molar-refractivity contribution in [2.45, 2.75) is 25.9 Å². The first-order valence-electron chi connectivity index (χ1n) is 4.45. The molecule has 0 saturated carbocycles. The summed E-state index contributed by atoms with van der Waals surface area (Å²) in [6.07, 6.45) is 0.909. The lowest BCUT2D eigenvalue weighted by Gasteiger charge is -2.27. The molecule has 0 aromatic carbocycles. The second kappa shape index (κ2) is 3.57. The lowest BCUT2D eigenvalue weighted by Crippen LogP contribution is -2.36. The molecule has 1 aliphatic rings. The van der Waals surface area contributed by atoms with Gasteiger partial charge in [-0.25, -0.2) is 9.37 Å². The molecular formula is C8H12FN3S. The van der Waals surface area contributed by atoms with Crippen LogP contribution in [0.2, 0.25) is 0 Å². The Balaban J connectivity index is 2.08. The maximum Gasteiger partial charge on any atom is 0.205 e. The first-order chi connectivity index (χ1) is 6.25. The summed E-state index contributed by atoms with van der Waals surface area (Å²) in [5, 5.41) is 0.861. The summed E-state index contributed by atoms with van der Waals surface area (Å²) >= 11 is 1.36. The van der Waals surface area contributed by atoms with Crippen molar-refractivity contribution in [2.24, 2.45) is 0 Å². The molecule has 1 saturated heterocycles. The fourth-order valence-corrected chi connectivity index (χ4v) is 2.22. The molecule has 1 aliphatic heterocycles. The van der Waals surface area contributed by atoms with Crippen LogP contribution >= 0.6 is 11.5 Å². The maximum atomic E-state index is 13.0. The third-order valence-electron chi connectivity index (χ3n) is 2.15. The number of alkyl halides is 1. The molecule has 1 fully saturated rings. The lowest BCUT2D eigenvalue weighted by atomic mass is 10.1. The van der Waals surface area contributed by atoms with E-state index in [1.807, 2.05) is 11.8 Å². The van der Waals surface area contributed by atoms with Crippen LogP contribution in [0, 0.1) is 6.92 Å². The fraction of sp³-hybridized carbons (Fsp3) is 0.750. The molecule has 13 heavy (non-hydrogen) atoms. The molecule has 0 radical (unpaired) electrons. The monoisotopic (exact) mass is 201 g/mol. The first kappa shape index (κ1) is 8.87. The Morgan fingerprint density at radius 2 is 2.46 bits per heavy atom. The van der Waals surface area contributed by atoms with E-state index in [4.69, 9.17) is 0 Å². The van der Waals surface area contributed by atoms with Crippen LogP contribution in [0.15, 0.2) is 0 Å². The minimum absolute atomic E-state index is 0.481. The van der Waals surface area contributed by atoms with Gasteiger partial charge in [-0.3, -0.25) is 0 Å². The average molecular weight is 201 g/mol. The van der Waals surface area contributed by atoms with Gasteiger partial charge in [0.25, 0.3) is 0 Å². The van der Waals surface area contributed by atoms with Crippen molar-refractivity contribution < 1.29 is 4.39 Å². The third kappa shape index (κ3) is 1.96. The zero-order valence-electron chi connectivity index (χ0n) is 7.53. The summed E-state index contributed by atoms with van der Waals surface area (Å²) in [7, 11) is 0. The van der Waals surface area contributed by atoms with Crippen LogP contribution in [0.5, 0.6) is 0 Å². The quantitative estimate of drug-likeness (QED) is 0.693. The summed E-state index contributed by atoms with van der Waals surface area (Å²) in [4.78, 5) is 6.22. The van der Waals surface area contributed by atoms with Crippen molar-refractivity contribution in [3.63, 3.8) is 0 Å². The van der Waals surface area contributed by atoms with E-state index < -0.39 is 6.17 Å². The van der Waals surface area contributed by atoms with Gasteiger partial charge in [-0.05, 0) is 19.8 Å². The maximum absolute atomic E-state index is 13.0. The van der Waals surface area contributed by atoms with Crippen molar-refractivity contribution in [2.75, 3.05) is 18.0 Å². The van der Waals surface area contributed by atoms with Crippen LogP contribution in [-0.2, 0) is 0 Å². The highest BCUT2D eigenvalue weighted by atomic mass is 32.1. The molecule has 1 unspecified atom stereocenters. The molecular weight excluding hydrogens is 189 g/mol. The number of piperidine rings is 1. The van der Waals surface area contributed by atoms with Crippen molar-refractivity contribution in [3.05, 3.63) is 5.82 Å². The number of hydrogen-bond acceptors (Lipinski definition) is 4. The van der Waals surface area contributed by atoms with Crippen LogP contribution in [0.3, 0.4) is 0 Å². The minimum atomic E-state index is -0.696. The molecule has 3 nitrogen and oxygen atoms in total. The van der Waals surface area contributed by atoms with Gasteiger partial charge < -0.3 is 4.90 Å². The Hall–Kier alpha value is -0.710. The molecule has 1 aromatic heterocycles. The highest BCUT2D eigenvalue weighted by Gasteiger charge is 2.21. The molecule has 0 N–H and O–H groups in total. The van der Waals surface area contributed by atoms with E-state index in [0.29, 0.717) is 13.0 Å². The van der Waals surface area contributed by atoms with Gasteiger partial charge in [-0.2, -0.15) is 4.37 Å². The fourth-order valence-electron chi connectivity index (χ4n) is 1.51. The van der Waals surface area contributed by atoms with Crippen LogP contribution < -0.4 is 4.90 Å². The topological polar surface area (TPSA) is 29.0 Å². The molecule has 2 heterocycles. The molecule has 1 aromatic rings. The van der Waals surface area contributed by atoms with Gasteiger partial charge in [-0.1, -0.05) is 0 Å². The van der Waals surface area contributed by atoms with Gasteiger partial charge in [0.05, 0.1) is 6.54 Å². The number of aryl methyl sites for hydroxylation is 1. The van der Waals surface area contributed by atoms with Gasteiger partial charge in [0, 0.05) is 18.1 Å². The number of anilines is 1. The van der Waals surface area contributed by atoms with Crippen molar-refractivity contribution in [3.8, 4) is 0 Å². The third-order valence-corrected chi connectivity index (χ3v) is 3.02. The van der Waals surface area contributed by atoms with Gasteiger partial charge in [0.15, 0.2) is 0 Å². The van der Waals surface area contributed by atoms with E-state index >= 15 is 0 Å². The summed E-state index contributed by atoms with van der Waals surface area (Å²) in [6.45, 7) is 3.25. The summed E-state index contributed by atoms with van der Waals surface area (Å²) in [6, 6.07) is 0. The van der Waals surface area contributed by atoms with Crippen molar-refractivity contribution >= 4 is 16.7 Å². The first-order valence-corrected chi connectivity index (χ1v) is 5.22. The van der Waals surface area contributed by atoms with E-state index in [9.17, 15) is 4.39 Å². The van der Waals surface area contributed by atoms with Crippen molar-refractivity contribution in [1.29, 1.82) is 0 Å². The van der Waals surface area contributed by atoms with Gasteiger partial charge >= 0.3 is 0 Å². The Kier molecular flexibility index (Phi) is 2.44. The summed E-state index contributed by atoms with van der Waals surface area (Å²) < 4.78 is 17.1. The van der Waals surface area contributed by atoms with Crippen LogP contribution in [0.1, 0.15) is 18.7 Å². The molecule has 0 amide bonds. The zero-order valence-corrected chi connectivity index (χ0v) is 8.35. The Morgan fingerprint density at radius 1 is 1.62 bits per heavy atom. The average Bonchev–Trinajstić information content (AvgIpc) is 2.52. The minimum Gasteiger partial charge on any atom is -0.344 e. The Labute approximate surface area is 80.8 Å². The predicted molar refractivity (Wildman–Crippen MR) is 51.0 cm³/mol. The normalized spacial score (nSPS) is 23.5. The summed E-state index contributed by atoms with van der Waals surface area (Å²) in [5.74, 6) is 0.779. The highest BCUT2D eigenvalue weighted by Crippen LogP contribution is 2.22. The zero-order chi connectivity index (χ0) is 9.26. The predicted octanol–water partition coefficient (Wildman–Crippen LogP) is 1.78. The molecule has 72 valence electrons. The molecule has 0 aliphatic carbocycles. The molecule has 5 heteroatoms. The summed E-state index contributed by atoms with van der Waals surface area (Å²) in [5.41, 5.74) is 0. The van der Waals surface area contributed by atoms with Crippen LogP contribution in [0.4, 0.5) is 9.52 Å². The molecule has 0 bridgehead atoms. The largest absolute Gasteiger partial charge is 0.344 e. The van der Waals surface area contributed by atoms with Gasteiger partial charge in [-0.15, -0.1) is 0 Å². The van der Waals surface area contributed by atoms with E-state index in [-0.39, 0.29) is 0 Å². The number of halogens is 1. The smallest absolute Gasteiger partial charge is 0.205 e. The Bertz CT molecular complexity index is 289. The molecule has 1 atom stereocenters. The number of rotatable bonds is 1. The van der Waals surface area contributed by atoms with Gasteiger partial charge in [0.2, 0.25) is 5.13 Å². The number of aromatic nitrogens is 2. The SMILES string of the molecule is Cc1nsc(N2CCCC(F)C2)n1. The number of nitrogens with zero attached hydrogens (tertiary/aromatic N) is 3. The van der Waals surface area contributed by atoms with E-state index in [1.165, 1.54) is 11.5 Å². The molecule has 0 spiro atoms. The van der Waals surface area contributed by atoms with E-state index in [0.717, 1.165) is 23.9 Å². The van der Waals surface area contributed by atoms with Crippen molar-refractivity contribution in [1.82, 2.24) is 9.36 Å². The second-order valence-electron chi connectivity index (χ2n) is 3.31. The van der Waals surface area contributed by atoms with Crippen LogP contribution in [0.25, 0.3) is 0 Å². The van der Waals surface area contributed by atoms with Gasteiger partial charge in [0.1, 0.15) is 12.0 Å².